The van der Waals surface area contributed by atoms with Gasteiger partial charge in [-0.25, -0.2) is 4.98 Å². The zero-order chi connectivity index (χ0) is 16.8. The summed E-state index contributed by atoms with van der Waals surface area (Å²) in [6, 6.07) is 11.9. The third-order valence-electron chi connectivity index (χ3n) is 4.12. The highest BCUT2D eigenvalue weighted by Crippen LogP contribution is 2.26. The zero-order valence-corrected chi connectivity index (χ0v) is 13.8. The minimum absolute atomic E-state index is 0.643. The Hall–Kier alpha value is -2.77. The number of allylic oxidation sites excluding steroid dienone is 1. The third-order valence-corrected chi connectivity index (χ3v) is 4.12. The van der Waals surface area contributed by atoms with Crippen molar-refractivity contribution in [3.8, 4) is 11.8 Å². The molecular formula is C20H21N3O. The minimum atomic E-state index is 0.643. The lowest BCUT2D eigenvalue weighted by Gasteiger charge is -2.30. The van der Waals surface area contributed by atoms with Gasteiger partial charge in [0.15, 0.2) is 5.82 Å². The van der Waals surface area contributed by atoms with Crippen molar-refractivity contribution in [3.05, 3.63) is 65.4 Å². The van der Waals surface area contributed by atoms with E-state index >= 15 is 0 Å². The molecule has 1 aromatic carbocycles. The quantitative estimate of drug-likeness (QED) is 0.653. The van der Waals surface area contributed by atoms with Gasteiger partial charge in [0, 0.05) is 24.8 Å². The second-order valence-electron chi connectivity index (χ2n) is 5.91. The third kappa shape index (κ3) is 3.95. The van der Waals surface area contributed by atoms with Gasteiger partial charge in [0.25, 0.3) is 0 Å². The van der Waals surface area contributed by atoms with Crippen molar-refractivity contribution >= 4 is 11.5 Å². The highest BCUT2D eigenvalue weighted by molar-refractivity contribution is 5.64. The van der Waals surface area contributed by atoms with Crippen LogP contribution in [0.5, 0.6) is 0 Å². The summed E-state index contributed by atoms with van der Waals surface area (Å²) in [5.41, 5.74) is 6.50. The van der Waals surface area contributed by atoms with E-state index in [1.807, 2.05) is 24.3 Å². The van der Waals surface area contributed by atoms with Crippen LogP contribution < -0.4 is 10.4 Å². The number of pyridine rings is 1. The Labute approximate surface area is 142 Å². The normalized spacial score (nSPS) is 13.9. The Morgan fingerprint density at radius 3 is 2.79 bits per heavy atom. The molecule has 1 aliphatic rings. The number of aryl methyl sites for hydroxylation is 1. The van der Waals surface area contributed by atoms with E-state index in [2.05, 4.69) is 46.3 Å². The Balaban J connectivity index is 1.63. The lowest BCUT2D eigenvalue weighted by Crippen LogP contribution is -2.31. The molecule has 0 aliphatic carbocycles. The molecule has 2 N–H and O–H groups in total. The standard InChI is InChI=1S/C20H21N3O/c1-16-5-2-7-18(15-16)8-3-6-17-10-13-23(14-11-17)20-19(22-24)9-4-12-21-20/h2,4-7,9,12,15,22,24H,10-11,13-14H2,1H3. The molecule has 1 aliphatic heterocycles. The summed E-state index contributed by atoms with van der Waals surface area (Å²) in [5, 5.41) is 9.20. The second-order valence-corrected chi connectivity index (χ2v) is 5.91. The average Bonchev–Trinajstić information content (AvgIpc) is 2.62. The summed E-state index contributed by atoms with van der Waals surface area (Å²) in [6.45, 7) is 3.83. The smallest absolute Gasteiger partial charge is 0.154 e. The molecule has 0 radical (unpaired) electrons. The molecule has 2 aromatic rings. The molecule has 3 rings (SSSR count). The molecule has 0 spiro atoms. The molecule has 0 saturated carbocycles. The van der Waals surface area contributed by atoms with Gasteiger partial charge >= 0.3 is 0 Å². The highest BCUT2D eigenvalue weighted by Gasteiger charge is 2.17. The molecule has 0 bridgehead atoms. The Morgan fingerprint density at radius 2 is 2.04 bits per heavy atom. The van der Waals surface area contributed by atoms with Crippen LogP contribution in [0.3, 0.4) is 0 Å². The largest absolute Gasteiger partial charge is 0.354 e. The van der Waals surface area contributed by atoms with E-state index in [1.54, 1.807) is 12.3 Å². The van der Waals surface area contributed by atoms with Gasteiger partial charge in [0.2, 0.25) is 0 Å². The maximum absolute atomic E-state index is 9.20. The lowest BCUT2D eigenvalue weighted by molar-refractivity contribution is 0.388. The van der Waals surface area contributed by atoms with E-state index < -0.39 is 0 Å². The Bertz CT molecular complexity index is 792. The van der Waals surface area contributed by atoms with Crippen molar-refractivity contribution < 1.29 is 5.21 Å². The molecule has 1 fully saturated rings. The van der Waals surface area contributed by atoms with Gasteiger partial charge in [-0.3, -0.25) is 10.7 Å². The first-order valence-electron chi connectivity index (χ1n) is 8.12. The Morgan fingerprint density at radius 1 is 1.21 bits per heavy atom. The molecule has 1 aromatic heterocycles. The topological polar surface area (TPSA) is 48.4 Å². The van der Waals surface area contributed by atoms with E-state index in [0.29, 0.717) is 5.69 Å². The molecular weight excluding hydrogens is 298 g/mol. The van der Waals surface area contributed by atoms with Crippen LogP contribution in [0.4, 0.5) is 11.5 Å². The van der Waals surface area contributed by atoms with E-state index in [1.165, 1.54) is 11.1 Å². The van der Waals surface area contributed by atoms with Crippen LogP contribution in [0.15, 0.2) is 54.2 Å². The van der Waals surface area contributed by atoms with Gasteiger partial charge < -0.3 is 4.90 Å². The van der Waals surface area contributed by atoms with Gasteiger partial charge in [0.1, 0.15) is 5.69 Å². The fraction of sp³-hybridized carbons (Fsp3) is 0.250. The second kappa shape index (κ2) is 7.67. The van der Waals surface area contributed by atoms with Crippen LogP contribution in [0.1, 0.15) is 24.0 Å². The lowest BCUT2D eigenvalue weighted by atomic mass is 10.0. The first kappa shape index (κ1) is 16.1. The van der Waals surface area contributed by atoms with E-state index in [4.69, 9.17) is 0 Å². The number of anilines is 2. The molecule has 122 valence electrons. The van der Waals surface area contributed by atoms with Crippen LogP contribution in [0.2, 0.25) is 0 Å². The number of rotatable bonds is 2. The van der Waals surface area contributed by atoms with Crippen LogP contribution in [-0.2, 0) is 0 Å². The number of hydrogen-bond donors (Lipinski definition) is 2. The van der Waals surface area contributed by atoms with Gasteiger partial charge in [0.05, 0.1) is 0 Å². The summed E-state index contributed by atoms with van der Waals surface area (Å²) < 4.78 is 0. The minimum Gasteiger partial charge on any atom is -0.354 e. The summed E-state index contributed by atoms with van der Waals surface area (Å²) in [4.78, 5) is 6.55. The highest BCUT2D eigenvalue weighted by atomic mass is 16.5. The number of aromatic nitrogens is 1. The van der Waals surface area contributed by atoms with E-state index in [9.17, 15) is 5.21 Å². The zero-order valence-electron chi connectivity index (χ0n) is 13.8. The number of nitrogens with zero attached hydrogens (tertiary/aromatic N) is 2. The molecule has 24 heavy (non-hydrogen) atoms. The maximum atomic E-state index is 9.20. The van der Waals surface area contributed by atoms with Crippen LogP contribution in [0.25, 0.3) is 0 Å². The summed E-state index contributed by atoms with van der Waals surface area (Å²) in [7, 11) is 0. The van der Waals surface area contributed by atoms with Crippen molar-refractivity contribution in [1.82, 2.24) is 4.98 Å². The molecule has 0 amide bonds. The van der Waals surface area contributed by atoms with Gasteiger partial charge in [-0.1, -0.05) is 29.5 Å². The predicted molar refractivity (Wildman–Crippen MR) is 97.2 cm³/mol. The van der Waals surface area contributed by atoms with Crippen LogP contribution in [-0.4, -0.2) is 23.3 Å². The van der Waals surface area contributed by atoms with Crippen molar-refractivity contribution in [3.63, 3.8) is 0 Å². The first-order valence-corrected chi connectivity index (χ1v) is 8.12. The summed E-state index contributed by atoms with van der Waals surface area (Å²) >= 11 is 0. The van der Waals surface area contributed by atoms with Crippen LogP contribution >= 0.6 is 0 Å². The molecule has 4 heteroatoms. The Kier molecular flexibility index (Phi) is 5.15. The number of nitrogens with one attached hydrogen (secondary N) is 1. The monoisotopic (exact) mass is 319 g/mol. The number of hydrogen-bond acceptors (Lipinski definition) is 4. The van der Waals surface area contributed by atoms with Gasteiger partial charge in [-0.05, 0) is 55.7 Å². The SMILES string of the molecule is Cc1cccc(C#CC=C2CCN(c3ncccc3NO)CC2)c1. The summed E-state index contributed by atoms with van der Waals surface area (Å²) in [6.07, 6.45) is 5.71. The van der Waals surface area contributed by atoms with Crippen molar-refractivity contribution in [2.75, 3.05) is 23.5 Å². The fourth-order valence-electron chi connectivity index (χ4n) is 2.83. The van der Waals surface area contributed by atoms with Crippen molar-refractivity contribution in [2.24, 2.45) is 0 Å². The fourth-order valence-corrected chi connectivity index (χ4v) is 2.83. The first-order chi connectivity index (χ1) is 11.8. The maximum Gasteiger partial charge on any atom is 0.154 e. The number of benzene rings is 1. The average molecular weight is 319 g/mol. The van der Waals surface area contributed by atoms with Crippen molar-refractivity contribution in [2.45, 2.75) is 19.8 Å². The predicted octanol–water partition coefficient (Wildman–Crippen LogP) is 3.77. The van der Waals surface area contributed by atoms with Crippen molar-refractivity contribution in [1.29, 1.82) is 0 Å². The molecule has 2 heterocycles. The summed E-state index contributed by atoms with van der Waals surface area (Å²) in [5.74, 6) is 7.17. The molecule has 0 unspecified atom stereocenters. The molecule has 1 saturated heterocycles. The van der Waals surface area contributed by atoms with E-state index in [0.717, 1.165) is 37.3 Å². The number of piperidine rings is 1. The molecule has 4 nitrogen and oxygen atoms in total. The molecule has 0 atom stereocenters. The van der Waals surface area contributed by atoms with Crippen LogP contribution in [0, 0.1) is 18.8 Å². The van der Waals surface area contributed by atoms with Gasteiger partial charge in [-0.2, -0.15) is 0 Å². The van der Waals surface area contributed by atoms with E-state index in [-0.39, 0.29) is 0 Å². The van der Waals surface area contributed by atoms with Gasteiger partial charge in [-0.15, -0.1) is 0 Å².